The SMILES string of the molecule is CC1=NCCN(C(=O)C(O)c2ccc(C)c(F)c2)C1. The molecule has 1 heterocycles. The van der Waals surface area contributed by atoms with Gasteiger partial charge in [-0.05, 0) is 31.0 Å². The zero-order valence-corrected chi connectivity index (χ0v) is 11.1. The van der Waals surface area contributed by atoms with Gasteiger partial charge < -0.3 is 10.0 Å². The van der Waals surface area contributed by atoms with Crippen LogP contribution in [0.2, 0.25) is 0 Å². The number of rotatable bonds is 2. The highest BCUT2D eigenvalue weighted by Gasteiger charge is 2.25. The summed E-state index contributed by atoms with van der Waals surface area (Å²) in [5.74, 6) is -0.821. The monoisotopic (exact) mass is 264 g/mol. The fourth-order valence-corrected chi connectivity index (χ4v) is 2.05. The van der Waals surface area contributed by atoms with Crippen molar-refractivity contribution in [1.29, 1.82) is 0 Å². The first-order valence-electron chi connectivity index (χ1n) is 6.22. The van der Waals surface area contributed by atoms with Crippen molar-refractivity contribution in [3.8, 4) is 0 Å². The van der Waals surface area contributed by atoms with Crippen LogP contribution in [0.3, 0.4) is 0 Å². The minimum atomic E-state index is -1.32. The maximum atomic E-state index is 13.5. The highest BCUT2D eigenvalue weighted by atomic mass is 19.1. The van der Waals surface area contributed by atoms with Crippen LogP contribution < -0.4 is 0 Å². The van der Waals surface area contributed by atoms with Gasteiger partial charge in [0.15, 0.2) is 6.10 Å². The van der Waals surface area contributed by atoms with E-state index in [4.69, 9.17) is 0 Å². The number of hydrogen-bond donors (Lipinski definition) is 1. The van der Waals surface area contributed by atoms with Crippen molar-refractivity contribution in [3.63, 3.8) is 0 Å². The Kier molecular flexibility index (Phi) is 3.95. The van der Waals surface area contributed by atoms with E-state index in [2.05, 4.69) is 4.99 Å². The van der Waals surface area contributed by atoms with Crippen molar-refractivity contribution in [2.24, 2.45) is 4.99 Å². The molecule has 0 aliphatic carbocycles. The molecule has 2 rings (SSSR count). The number of carbonyl (C=O) groups excluding carboxylic acids is 1. The van der Waals surface area contributed by atoms with Crippen LogP contribution in [0.15, 0.2) is 23.2 Å². The third-order valence-electron chi connectivity index (χ3n) is 3.23. The van der Waals surface area contributed by atoms with E-state index in [1.807, 2.05) is 6.92 Å². The molecular formula is C14H17FN2O2. The average molecular weight is 264 g/mol. The Morgan fingerprint density at radius 2 is 2.21 bits per heavy atom. The van der Waals surface area contributed by atoms with Crippen LogP contribution in [0.1, 0.15) is 24.2 Å². The van der Waals surface area contributed by atoms with Crippen LogP contribution in [-0.2, 0) is 4.79 Å². The summed E-state index contributed by atoms with van der Waals surface area (Å²) < 4.78 is 13.5. The molecule has 102 valence electrons. The fraction of sp³-hybridized carbons (Fsp3) is 0.429. The summed E-state index contributed by atoms with van der Waals surface area (Å²) in [5, 5.41) is 10.0. The quantitative estimate of drug-likeness (QED) is 0.879. The van der Waals surface area contributed by atoms with Gasteiger partial charge in [0.25, 0.3) is 5.91 Å². The molecule has 1 atom stereocenters. The Bertz CT molecular complexity index is 528. The summed E-state index contributed by atoms with van der Waals surface area (Å²) in [6.07, 6.45) is -1.32. The molecule has 0 saturated heterocycles. The standard InChI is InChI=1S/C14H17FN2O2/c1-9-3-4-11(7-12(9)15)13(18)14(19)17-6-5-16-10(2)8-17/h3-4,7,13,18H,5-6,8H2,1-2H3. The minimum Gasteiger partial charge on any atom is -0.378 e. The Morgan fingerprint density at radius 1 is 1.47 bits per heavy atom. The van der Waals surface area contributed by atoms with Gasteiger partial charge >= 0.3 is 0 Å². The molecule has 1 N–H and O–H groups in total. The van der Waals surface area contributed by atoms with Crippen molar-refractivity contribution in [1.82, 2.24) is 4.90 Å². The van der Waals surface area contributed by atoms with Gasteiger partial charge in [0.2, 0.25) is 0 Å². The second-order valence-corrected chi connectivity index (χ2v) is 4.79. The fourth-order valence-electron chi connectivity index (χ4n) is 2.05. The maximum Gasteiger partial charge on any atom is 0.256 e. The van der Waals surface area contributed by atoms with E-state index >= 15 is 0 Å². The number of halogens is 1. The normalized spacial score (nSPS) is 17.1. The smallest absolute Gasteiger partial charge is 0.256 e. The molecule has 1 amide bonds. The van der Waals surface area contributed by atoms with Crippen LogP contribution in [0.25, 0.3) is 0 Å². The van der Waals surface area contributed by atoms with Crippen LogP contribution in [0.5, 0.6) is 0 Å². The topological polar surface area (TPSA) is 52.9 Å². The lowest BCUT2D eigenvalue weighted by Gasteiger charge is -2.27. The number of amides is 1. The van der Waals surface area contributed by atoms with Crippen molar-refractivity contribution in [3.05, 3.63) is 35.1 Å². The molecule has 1 unspecified atom stereocenters. The van der Waals surface area contributed by atoms with E-state index in [0.29, 0.717) is 25.2 Å². The molecule has 4 nitrogen and oxygen atoms in total. The van der Waals surface area contributed by atoms with Gasteiger partial charge in [-0.2, -0.15) is 0 Å². The predicted octanol–water partition coefficient (Wildman–Crippen LogP) is 1.47. The van der Waals surface area contributed by atoms with E-state index in [-0.39, 0.29) is 5.56 Å². The zero-order chi connectivity index (χ0) is 14.0. The zero-order valence-electron chi connectivity index (χ0n) is 11.1. The molecule has 1 aliphatic heterocycles. The lowest BCUT2D eigenvalue weighted by molar-refractivity contribution is -0.139. The molecular weight excluding hydrogens is 247 g/mol. The van der Waals surface area contributed by atoms with Gasteiger partial charge in [-0.1, -0.05) is 12.1 Å². The molecule has 0 bridgehead atoms. The number of hydrogen-bond acceptors (Lipinski definition) is 3. The Morgan fingerprint density at radius 3 is 2.84 bits per heavy atom. The third kappa shape index (κ3) is 2.98. The molecule has 19 heavy (non-hydrogen) atoms. The molecule has 0 fully saturated rings. The first-order chi connectivity index (χ1) is 8.99. The van der Waals surface area contributed by atoms with Gasteiger partial charge in [-0.25, -0.2) is 4.39 Å². The van der Waals surface area contributed by atoms with Crippen LogP contribution in [0, 0.1) is 12.7 Å². The van der Waals surface area contributed by atoms with Crippen LogP contribution in [0.4, 0.5) is 4.39 Å². The molecule has 1 aromatic rings. The molecule has 0 saturated carbocycles. The van der Waals surface area contributed by atoms with Gasteiger partial charge in [0.05, 0.1) is 13.1 Å². The summed E-state index contributed by atoms with van der Waals surface area (Å²) in [7, 11) is 0. The predicted molar refractivity (Wildman–Crippen MR) is 70.7 cm³/mol. The molecule has 1 aliphatic rings. The minimum absolute atomic E-state index is 0.285. The Hall–Kier alpha value is -1.75. The van der Waals surface area contributed by atoms with Crippen molar-refractivity contribution in [2.45, 2.75) is 20.0 Å². The molecule has 0 spiro atoms. The lowest BCUT2D eigenvalue weighted by Crippen LogP contribution is -2.42. The number of aryl methyl sites for hydroxylation is 1. The van der Waals surface area contributed by atoms with Gasteiger partial charge in [-0.15, -0.1) is 0 Å². The first kappa shape index (κ1) is 13.7. The van der Waals surface area contributed by atoms with E-state index in [1.54, 1.807) is 24.0 Å². The second kappa shape index (κ2) is 5.48. The largest absolute Gasteiger partial charge is 0.378 e. The van der Waals surface area contributed by atoms with E-state index in [0.717, 1.165) is 5.71 Å². The Labute approximate surface area is 111 Å². The van der Waals surface area contributed by atoms with Gasteiger partial charge in [0.1, 0.15) is 5.82 Å². The molecule has 0 radical (unpaired) electrons. The number of aliphatic hydroxyl groups excluding tert-OH is 1. The summed E-state index contributed by atoms with van der Waals surface area (Å²) in [6, 6.07) is 4.35. The Balaban J connectivity index is 2.14. The highest BCUT2D eigenvalue weighted by Crippen LogP contribution is 2.19. The number of carbonyl (C=O) groups is 1. The van der Waals surface area contributed by atoms with Crippen molar-refractivity contribution >= 4 is 11.6 Å². The van der Waals surface area contributed by atoms with Crippen LogP contribution >= 0.6 is 0 Å². The molecule has 0 aromatic heterocycles. The number of aliphatic hydroxyl groups is 1. The average Bonchev–Trinajstić information content (AvgIpc) is 2.40. The summed E-state index contributed by atoms with van der Waals surface area (Å²) in [6.45, 7) is 4.94. The number of benzene rings is 1. The van der Waals surface area contributed by atoms with E-state index < -0.39 is 17.8 Å². The lowest BCUT2D eigenvalue weighted by atomic mass is 10.1. The summed E-state index contributed by atoms with van der Waals surface area (Å²) in [5.41, 5.74) is 1.64. The van der Waals surface area contributed by atoms with Crippen LogP contribution in [-0.4, -0.2) is 41.3 Å². The molecule has 5 heteroatoms. The summed E-state index contributed by atoms with van der Waals surface area (Å²) >= 11 is 0. The first-order valence-corrected chi connectivity index (χ1v) is 6.22. The van der Waals surface area contributed by atoms with Crippen molar-refractivity contribution in [2.75, 3.05) is 19.6 Å². The highest BCUT2D eigenvalue weighted by molar-refractivity contribution is 5.90. The number of nitrogens with zero attached hydrogens (tertiary/aromatic N) is 2. The van der Waals surface area contributed by atoms with E-state index in [1.165, 1.54) is 6.07 Å². The molecule has 1 aromatic carbocycles. The second-order valence-electron chi connectivity index (χ2n) is 4.79. The van der Waals surface area contributed by atoms with Gasteiger partial charge in [-0.3, -0.25) is 9.79 Å². The third-order valence-corrected chi connectivity index (χ3v) is 3.23. The maximum absolute atomic E-state index is 13.5. The van der Waals surface area contributed by atoms with Crippen molar-refractivity contribution < 1.29 is 14.3 Å². The summed E-state index contributed by atoms with van der Waals surface area (Å²) in [4.78, 5) is 17.9. The number of aliphatic imine (C=N–C) groups is 1. The van der Waals surface area contributed by atoms with Gasteiger partial charge in [0, 0.05) is 12.3 Å². The van der Waals surface area contributed by atoms with E-state index in [9.17, 15) is 14.3 Å².